The van der Waals surface area contributed by atoms with Gasteiger partial charge in [-0.15, -0.1) is 0 Å². The van der Waals surface area contributed by atoms with E-state index in [2.05, 4.69) is 9.93 Å². The average molecular weight is 618 g/mol. The minimum atomic E-state index is -3.95. The molecule has 1 aromatic rings. The Bertz CT molecular complexity index is 1320. The highest BCUT2D eigenvalue weighted by Gasteiger charge is 2.71. The molecule has 0 radical (unpaired) electrons. The lowest BCUT2D eigenvalue weighted by atomic mass is 9.37. The number of hydrazone groups is 1. The highest BCUT2D eigenvalue weighted by molar-refractivity contribution is 7.89. The van der Waals surface area contributed by atoms with Crippen LogP contribution in [0.25, 0.3) is 0 Å². The van der Waals surface area contributed by atoms with Gasteiger partial charge in [0.2, 0.25) is 0 Å². The smallest absolute Gasteiger partial charge is 0.460 e. The van der Waals surface area contributed by atoms with Crippen LogP contribution in [0.15, 0.2) is 22.1 Å². The Hall–Kier alpha value is -1.92. The minimum Gasteiger partial charge on any atom is -0.463 e. The zero-order valence-corrected chi connectivity index (χ0v) is 28.8. The van der Waals surface area contributed by atoms with Gasteiger partial charge in [-0.25, -0.2) is 4.83 Å². The number of nitrogens with zero attached hydrogens (tertiary/aromatic N) is 1. The SMILES string of the molecule is Cc1cc(C)c(S(=O)(=O)NN=C2CC(C(=O)OC(C)C)(C(B3OC(C)(C)C(C)(C)O3)B3OC(C)(C)C(C)(C)O3)C2)c(C)c1. The predicted molar refractivity (Wildman–Crippen MR) is 167 cm³/mol. The first kappa shape index (κ1) is 34.0. The van der Waals surface area contributed by atoms with Crippen LogP contribution in [0.5, 0.6) is 0 Å². The second-order valence-corrected chi connectivity index (χ2v) is 16.3. The van der Waals surface area contributed by atoms with E-state index >= 15 is 0 Å². The summed E-state index contributed by atoms with van der Waals surface area (Å²) in [6.45, 7) is 24.6. The number of ether oxygens (including phenoxy) is 1. The van der Waals surface area contributed by atoms with Crippen LogP contribution in [-0.2, 0) is 38.2 Å². The monoisotopic (exact) mass is 618 g/mol. The molecule has 1 saturated carbocycles. The van der Waals surface area contributed by atoms with Crippen molar-refractivity contribution in [3.05, 3.63) is 28.8 Å². The maximum atomic E-state index is 14.0. The number of benzene rings is 1. The van der Waals surface area contributed by atoms with E-state index in [-0.39, 0.29) is 23.8 Å². The van der Waals surface area contributed by atoms with E-state index in [4.69, 9.17) is 23.4 Å². The van der Waals surface area contributed by atoms with Gasteiger partial charge in [-0.2, -0.15) is 13.5 Å². The van der Waals surface area contributed by atoms with Crippen molar-refractivity contribution >= 4 is 35.9 Å². The minimum absolute atomic E-state index is 0.117. The van der Waals surface area contributed by atoms with Crippen LogP contribution in [0, 0.1) is 26.2 Å². The second-order valence-electron chi connectivity index (χ2n) is 14.7. The van der Waals surface area contributed by atoms with Crippen molar-refractivity contribution in [1.82, 2.24) is 4.83 Å². The Morgan fingerprint density at radius 1 is 0.837 bits per heavy atom. The van der Waals surface area contributed by atoms with Crippen molar-refractivity contribution in [3.8, 4) is 0 Å². The molecule has 0 aromatic heterocycles. The summed E-state index contributed by atoms with van der Waals surface area (Å²) in [6, 6.07) is 3.65. The molecule has 3 aliphatic rings. The van der Waals surface area contributed by atoms with Gasteiger partial charge in [0.25, 0.3) is 10.0 Å². The number of carbonyl (C=O) groups excluding carboxylic acids is 1. The molecule has 1 aromatic carbocycles. The number of sulfonamides is 1. The van der Waals surface area contributed by atoms with Crippen molar-refractivity contribution < 1.29 is 36.6 Å². The van der Waals surface area contributed by atoms with Gasteiger partial charge in [0.05, 0.1) is 38.8 Å². The van der Waals surface area contributed by atoms with Gasteiger partial charge in [-0.1, -0.05) is 17.7 Å². The molecule has 1 N–H and O–H groups in total. The third kappa shape index (κ3) is 6.04. The van der Waals surface area contributed by atoms with Crippen LogP contribution < -0.4 is 4.83 Å². The molecule has 10 nitrogen and oxygen atoms in total. The van der Waals surface area contributed by atoms with Gasteiger partial charge in [0.15, 0.2) is 0 Å². The summed E-state index contributed by atoms with van der Waals surface area (Å²) in [7, 11) is -5.68. The zero-order valence-electron chi connectivity index (χ0n) is 28.0. The van der Waals surface area contributed by atoms with Crippen molar-refractivity contribution in [2.24, 2.45) is 10.5 Å². The lowest BCUT2D eigenvalue weighted by Gasteiger charge is -2.47. The van der Waals surface area contributed by atoms with Gasteiger partial charge in [-0.3, -0.25) is 4.79 Å². The summed E-state index contributed by atoms with van der Waals surface area (Å²) in [4.78, 5) is 16.6. The second kappa shape index (κ2) is 10.9. The maximum Gasteiger partial charge on any atom is 0.460 e. The molecular formula is C30H48B2N2O8S. The molecule has 43 heavy (non-hydrogen) atoms. The lowest BCUT2D eigenvalue weighted by Crippen LogP contribution is -2.58. The normalized spacial score (nSPS) is 25.7. The van der Waals surface area contributed by atoms with Gasteiger partial charge in [-0.05, 0) is 101 Å². The predicted octanol–water partition coefficient (Wildman–Crippen LogP) is 5.07. The van der Waals surface area contributed by atoms with Crippen LogP contribution in [-0.4, -0.2) is 62.8 Å². The van der Waals surface area contributed by atoms with Crippen molar-refractivity contribution in [3.63, 3.8) is 0 Å². The quantitative estimate of drug-likeness (QED) is 0.244. The zero-order chi connectivity index (χ0) is 32.6. The molecule has 3 fully saturated rings. The Kier molecular flexibility index (Phi) is 8.58. The fraction of sp³-hybridized carbons (Fsp3) is 0.733. The van der Waals surface area contributed by atoms with E-state index in [1.165, 1.54) is 0 Å². The van der Waals surface area contributed by atoms with Crippen LogP contribution in [0.3, 0.4) is 0 Å². The van der Waals surface area contributed by atoms with Crippen molar-refractivity contribution in [2.75, 3.05) is 0 Å². The van der Waals surface area contributed by atoms with E-state index < -0.39 is 63.8 Å². The Balaban J connectivity index is 1.73. The summed E-state index contributed by atoms with van der Waals surface area (Å²) in [5, 5.41) is 4.30. The maximum absolute atomic E-state index is 14.0. The molecule has 0 amide bonds. The summed E-state index contributed by atoms with van der Waals surface area (Å²) >= 11 is 0. The summed E-state index contributed by atoms with van der Waals surface area (Å²) in [5.74, 6) is -0.455. The summed E-state index contributed by atoms with van der Waals surface area (Å²) in [6.07, 6.45) is -0.147. The Morgan fingerprint density at radius 3 is 1.60 bits per heavy atom. The molecule has 0 spiro atoms. The Labute approximate surface area is 258 Å². The highest BCUT2D eigenvalue weighted by atomic mass is 32.2. The first-order valence-electron chi connectivity index (χ1n) is 15.0. The first-order valence-corrected chi connectivity index (χ1v) is 16.5. The largest absolute Gasteiger partial charge is 0.463 e. The van der Waals surface area contributed by atoms with E-state index in [9.17, 15) is 13.2 Å². The van der Waals surface area contributed by atoms with Crippen molar-refractivity contribution in [1.29, 1.82) is 0 Å². The fourth-order valence-electron chi connectivity index (χ4n) is 6.08. The number of esters is 1. The molecule has 2 aliphatic heterocycles. The molecule has 2 saturated heterocycles. The van der Waals surface area contributed by atoms with Crippen LogP contribution >= 0.6 is 0 Å². The molecule has 0 bridgehead atoms. The molecule has 13 heteroatoms. The highest BCUT2D eigenvalue weighted by Crippen LogP contribution is 2.58. The standard InChI is InChI=1S/C30H48B2N2O8S/c1-18(2)38-25(35)30(16-22(17-30)33-34-43(36,37)23-20(4)14-19(3)15-21(23)5)24(31-39-26(6,7)27(8,9)40-31)32-41-28(10,11)29(12,13)42-32/h14-15,18,24,34H,16-17H2,1-13H3. The lowest BCUT2D eigenvalue weighted by molar-refractivity contribution is -0.161. The molecular weight excluding hydrogens is 570 g/mol. The number of nitrogens with one attached hydrogen (secondary N) is 1. The van der Waals surface area contributed by atoms with Crippen LogP contribution in [0.4, 0.5) is 0 Å². The number of rotatable bonds is 8. The van der Waals surface area contributed by atoms with E-state index in [0.717, 1.165) is 5.56 Å². The number of hydrogen-bond donors (Lipinski definition) is 1. The molecule has 2 heterocycles. The van der Waals surface area contributed by atoms with E-state index in [1.807, 2.05) is 74.4 Å². The first-order chi connectivity index (χ1) is 19.4. The molecule has 0 atom stereocenters. The van der Waals surface area contributed by atoms with Crippen molar-refractivity contribution in [2.45, 2.75) is 142 Å². The van der Waals surface area contributed by atoms with E-state index in [0.29, 0.717) is 16.8 Å². The van der Waals surface area contributed by atoms with Gasteiger partial charge < -0.3 is 23.4 Å². The molecule has 4 rings (SSSR count). The third-order valence-corrected chi connectivity index (χ3v) is 11.3. The molecule has 1 aliphatic carbocycles. The summed E-state index contributed by atoms with van der Waals surface area (Å²) in [5.41, 5.74) is -1.90. The summed E-state index contributed by atoms with van der Waals surface area (Å²) < 4.78 is 58.5. The third-order valence-electron chi connectivity index (χ3n) is 9.75. The van der Waals surface area contributed by atoms with Gasteiger partial charge in [0.1, 0.15) is 0 Å². The number of hydrogen-bond acceptors (Lipinski definition) is 9. The van der Waals surface area contributed by atoms with Crippen LogP contribution in [0.2, 0.25) is 5.72 Å². The fourth-order valence-corrected chi connectivity index (χ4v) is 7.39. The molecule has 0 unspecified atom stereocenters. The topological polar surface area (TPSA) is 122 Å². The number of carbonyl (C=O) groups is 1. The molecule has 238 valence electrons. The van der Waals surface area contributed by atoms with Crippen LogP contribution in [0.1, 0.15) is 98.8 Å². The average Bonchev–Trinajstić information content (AvgIpc) is 3.11. The van der Waals surface area contributed by atoms with E-state index in [1.54, 1.807) is 27.7 Å². The van der Waals surface area contributed by atoms with Gasteiger partial charge >= 0.3 is 20.2 Å². The Morgan fingerprint density at radius 2 is 1.23 bits per heavy atom. The number of aryl methyl sites for hydroxylation is 3. The van der Waals surface area contributed by atoms with Gasteiger partial charge in [0, 0.05) is 24.3 Å².